The first-order valence-electron chi connectivity index (χ1n) is 9.17. The number of pyridine rings is 2. The van der Waals surface area contributed by atoms with Gasteiger partial charge in [-0.2, -0.15) is 8.42 Å². The topological polar surface area (TPSA) is 109 Å². The highest BCUT2D eigenvalue weighted by Crippen LogP contribution is 2.31. The Kier molecular flexibility index (Phi) is 3.71. The molecule has 0 aliphatic carbocycles. The second-order valence-corrected chi connectivity index (χ2v) is 8.71. The summed E-state index contributed by atoms with van der Waals surface area (Å²) in [4.78, 5) is 29.0. The molecule has 0 fully saturated rings. The zero-order valence-electron chi connectivity index (χ0n) is 16.1. The Morgan fingerprint density at radius 2 is 1.60 bits per heavy atom. The van der Waals surface area contributed by atoms with Gasteiger partial charge in [-0.25, -0.2) is 0 Å². The van der Waals surface area contributed by atoms with Gasteiger partial charge in [0.05, 0.1) is 27.5 Å². The van der Waals surface area contributed by atoms with Gasteiger partial charge in [-0.3, -0.25) is 14.1 Å². The zero-order chi connectivity index (χ0) is 21.4. The van der Waals surface area contributed by atoms with E-state index in [0.717, 1.165) is 5.56 Å². The van der Waals surface area contributed by atoms with E-state index in [0.29, 0.717) is 21.8 Å². The summed E-state index contributed by atoms with van der Waals surface area (Å²) in [6.07, 6.45) is 0. The fraction of sp³-hybridized carbons (Fsp3) is 0.0909. The van der Waals surface area contributed by atoms with Crippen LogP contribution in [-0.4, -0.2) is 22.5 Å². The molecule has 0 saturated heterocycles. The maximum absolute atomic E-state index is 13.3. The monoisotopic (exact) mass is 420 g/mol. The van der Waals surface area contributed by atoms with Crippen molar-refractivity contribution in [2.45, 2.75) is 11.8 Å². The summed E-state index contributed by atoms with van der Waals surface area (Å²) >= 11 is 0. The minimum atomic E-state index is -4.84. The molecule has 5 aromatic rings. The molecule has 0 amide bonds. The van der Waals surface area contributed by atoms with Gasteiger partial charge < -0.3 is 9.55 Å². The summed E-state index contributed by atoms with van der Waals surface area (Å²) in [6.45, 7) is 1.79. The molecule has 8 heteroatoms. The Hall–Kier alpha value is -3.49. The number of nitrogens with one attached hydrogen (secondary N) is 1. The van der Waals surface area contributed by atoms with Gasteiger partial charge in [0.15, 0.2) is 10.9 Å². The van der Waals surface area contributed by atoms with E-state index >= 15 is 0 Å². The molecule has 2 aromatic heterocycles. The van der Waals surface area contributed by atoms with Crippen molar-refractivity contribution < 1.29 is 13.0 Å². The number of aromatic nitrogens is 2. The molecule has 2 heterocycles. The summed E-state index contributed by atoms with van der Waals surface area (Å²) < 4.78 is 36.7. The lowest BCUT2D eigenvalue weighted by molar-refractivity contribution is 0.485. The Labute approximate surface area is 169 Å². The number of hydrogen-bond donors (Lipinski definition) is 2. The van der Waals surface area contributed by atoms with Crippen LogP contribution in [0.4, 0.5) is 0 Å². The van der Waals surface area contributed by atoms with Crippen LogP contribution in [0.2, 0.25) is 0 Å². The molecule has 0 aliphatic rings. The van der Waals surface area contributed by atoms with Crippen molar-refractivity contribution in [1.82, 2.24) is 9.55 Å². The van der Waals surface area contributed by atoms with Crippen LogP contribution in [0.1, 0.15) is 5.56 Å². The average Bonchev–Trinajstić information content (AvgIpc) is 2.70. The van der Waals surface area contributed by atoms with Crippen LogP contribution < -0.4 is 10.9 Å². The Balaban J connectivity index is 2.23. The maximum atomic E-state index is 13.3. The fourth-order valence-electron chi connectivity index (χ4n) is 4.26. The summed E-state index contributed by atoms with van der Waals surface area (Å²) in [5.41, 5.74) is 1.01. The molecule has 0 saturated carbocycles. The summed E-state index contributed by atoms with van der Waals surface area (Å²) in [5, 5.41) is 0.670. The zero-order valence-corrected chi connectivity index (χ0v) is 16.9. The van der Waals surface area contributed by atoms with E-state index in [1.165, 1.54) is 6.07 Å². The van der Waals surface area contributed by atoms with Crippen molar-refractivity contribution in [3.63, 3.8) is 0 Å². The van der Waals surface area contributed by atoms with Crippen molar-refractivity contribution >= 4 is 53.7 Å². The average molecular weight is 420 g/mol. The van der Waals surface area contributed by atoms with E-state index in [1.54, 1.807) is 61.0 Å². The predicted molar refractivity (Wildman–Crippen MR) is 117 cm³/mol. The maximum Gasteiger partial charge on any atom is 0.297 e. The summed E-state index contributed by atoms with van der Waals surface area (Å²) in [6, 6.07) is 13.5. The molecule has 150 valence electrons. The molecular formula is C22H16N2O5S. The molecular weight excluding hydrogens is 404 g/mol. The molecule has 0 atom stereocenters. The molecule has 30 heavy (non-hydrogen) atoms. The molecule has 7 nitrogen and oxygen atoms in total. The standard InChI is InChI=1S/C22H16N2O5S/c1-11-6-5-8-14-17(11)21(26)13-10-16-18(22(19(13)23-14)30(27,28)29)20(25)12-7-3-4-9-15(12)24(16)2/h3-10H,1-2H3,(H,23,26)(H,27,28,29). The number of aryl methyl sites for hydroxylation is 2. The van der Waals surface area contributed by atoms with Crippen molar-refractivity contribution in [2.24, 2.45) is 7.05 Å². The third-order valence-corrected chi connectivity index (χ3v) is 6.55. The molecule has 0 bridgehead atoms. The van der Waals surface area contributed by atoms with Gasteiger partial charge in [-0.05, 0) is 36.8 Å². The predicted octanol–water partition coefficient (Wildman–Crippen LogP) is 3.24. The van der Waals surface area contributed by atoms with Crippen molar-refractivity contribution in [3.8, 4) is 0 Å². The molecule has 0 spiro atoms. The third-order valence-electron chi connectivity index (χ3n) is 5.62. The van der Waals surface area contributed by atoms with E-state index in [2.05, 4.69) is 4.98 Å². The van der Waals surface area contributed by atoms with Gasteiger partial charge in [0.1, 0.15) is 4.90 Å². The highest BCUT2D eigenvalue weighted by atomic mass is 32.2. The number of hydrogen-bond acceptors (Lipinski definition) is 4. The number of benzene rings is 3. The third kappa shape index (κ3) is 2.38. The summed E-state index contributed by atoms with van der Waals surface area (Å²) in [5.74, 6) is 0. The number of rotatable bonds is 1. The van der Waals surface area contributed by atoms with Gasteiger partial charge in [0.25, 0.3) is 10.1 Å². The highest BCUT2D eigenvalue weighted by Gasteiger charge is 2.25. The van der Waals surface area contributed by atoms with Crippen LogP contribution in [-0.2, 0) is 17.2 Å². The lowest BCUT2D eigenvalue weighted by Gasteiger charge is -2.15. The molecule has 0 radical (unpaired) electrons. The van der Waals surface area contributed by atoms with Crippen LogP contribution in [0.15, 0.2) is 63.0 Å². The second-order valence-electron chi connectivity index (χ2n) is 7.35. The number of aromatic amines is 1. The number of nitrogens with zero attached hydrogens (tertiary/aromatic N) is 1. The van der Waals surface area contributed by atoms with Gasteiger partial charge in [0.2, 0.25) is 0 Å². The van der Waals surface area contributed by atoms with E-state index in [-0.39, 0.29) is 27.2 Å². The first-order valence-corrected chi connectivity index (χ1v) is 10.6. The minimum Gasteiger partial charge on any atom is -0.353 e. The van der Waals surface area contributed by atoms with E-state index < -0.39 is 20.4 Å². The number of para-hydroxylation sites is 1. The van der Waals surface area contributed by atoms with Crippen LogP contribution >= 0.6 is 0 Å². The Morgan fingerprint density at radius 1 is 0.900 bits per heavy atom. The largest absolute Gasteiger partial charge is 0.353 e. The van der Waals surface area contributed by atoms with Crippen LogP contribution in [0.25, 0.3) is 43.6 Å². The van der Waals surface area contributed by atoms with Crippen molar-refractivity contribution in [2.75, 3.05) is 0 Å². The SMILES string of the molecule is Cc1cccc2[nH]c3c(S(=O)(=O)O)c4c(=O)c5ccccc5n(C)c4cc3c(=O)c12. The van der Waals surface area contributed by atoms with Gasteiger partial charge in [0, 0.05) is 23.2 Å². The lowest BCUT2D eigenvalue weighted by atomic mass is 10.0. The Morgan fingerprint density at radius 3 is 2.33 bits per heavy atom. The number of fused-ring (bicyclic) bond motifs is 4. The molecule has 2 N–H and O–H groups in total. The van der Waals surface area contributed by atoms with Crippen molar-refractivity contribution in [3.05, 3.63) is 74.5 Å². The fourth-order valence-corrected chi connectivity index (χ4v) is 5.13. The van der Waals surface area contributed by atoms with Gasteiger partial charge in [-0.15, -0.1) is 0 Å². The lowest BCUT2D eigenvalue weighted by Crippen LogP contribution is -2.16. The van der Waals surface area contributed by atoms with E-state index in [1.807, 2.05) is 0 Å². The molecule has 0 unspecified atom stereocenters. The minimum absolute atomic E-state index is 0.0829. The molecule has 0 aliphatic heterocycles. The highest BCUT2D eigenvalue weighted by molar-refractivity contribution is 7.86. The van der Waals surface area contributed by atoms with E-state index in [4.69, 9.17) is 0 Å². The normalized spacial score (nSPS) is 12.4. The van der Waals surface area contributed by atoms with Gasteiger partial charge >= 0.3 is 0 Å². The van der Waals surface area contributed by atoms with Crippen LogP contribution in [0.5, 0.6) is 0 Å². The number of H-pyrrole nitrogens is 1. The van der Waals surface area contributed by atoms with Crippen molar-refractivity contribution in [1.29, 1.82) is 0 Å². The van der Waals surface area contributed by atoms with E-state index in [9.17, 15) is 22.6 Å². The second kappa shape index (κ2) is 6.01. The van der Waals surface area contributed by atoms with Crippen LogP contribution in [0, 0.1) is 6.92 Å². The van der Waals surface area contributed by atoms with Crippen LogP contribution in [0.3, 0.4) is 0 Å². The molecule has 3 aromatic carbocycles. The Bertz CT molecular complexity index is 1780. The first kappa shape index (κ1) is 18.5. The summed E-state index contributed by atoms with van der Waals surface area (Å²) in [7, 11) is -3.16. The van der Waals surface area contributed by atoms with Gasteiger partial charge in [-0.1, -0.05) is 24.3 Å². The smallest absolute Gasteiger partial charge is 0.297 e. The quantitative estimate of drug-likeness (QED) is 0.320. The molecule has 5 rings (SSSR count). The first-order chi connectivity index (χ1) is 14.2.